The first-order valence-corrected chi connectivity index (χ1v) is 8.77. The predicted octanol–water partition coefficient (Wildman–Crippen LogP) is 2.51. The summed E-state index contributed by atoms with van der Waals surface area (Å²) >= 11 is 0. The molecule has 3 aromatic rings. The minimum atomic E-state index is -0.277. The maximum atomic E-state index is 12.3. The third kappa shape index (κ3) is 3.22. The Morgan fingerprint density at radius 2 is 2.00 bits per heavy atom. The van der Waals surface area contributed by atoms with E-state index in [2.05, 4.69) is 4.98 Å². The van der Waals surface area contributed by atoms with Gasteiger partial charge in [0.2, 0.25) is 0 Å². The number of carbonyl (C=O) groups is 1. The number of benzene rings is 2. The van der Waals surface area contributed by atoms with E-state index in [0.29, 0.717) is 26.0 Å². The first kappa shape index (κ1) is 16.4. The molecule has 4 rings (SSSR count). The summed E-state index contributed by atoms with van der Waals surface area (Å²) in [5.41, 5.74) is 2.56. The van der Waals surface area contributed by atoms with Crippen molar-refractivity contribution in [3.8, 4) is 5.75 Å². The van der Waals surface area contributed by atoms with E-state index in [9.17, 15) is 9.59 Å². The van der Waals surface area contributed by atoms with Crippen LogP contribution in [0.4, 0.5) is 0 Å². The first-order valence-electron chi connectivity index (χ1n) is 8.77. The van der Waals surface area contributed by atoms with Crippen LogP contribution in [0.3, 0.4) is 0 Å². The Balaban J connectivity index is 1.30. The molecule has 1 aromatic heterocycles. The van der Waals surface area contributed by atoms with Gasteiger partial charge < -0.3 is 14.5 Å². The van der Waals surface area contributed by atoms with Gasteiger partial charge in [-0.05, 0) is 36.6 Å². The van der Waals surface area contributed by atoms with Crippen LogP contribution in [0.5, 0.6) is 5.75 Å². The van der Waals surface area contributed by atoms with E-state index in [4.69, 9.17) is 9.47 Å². The average molecular weight is 352 g/mol. The summed E-state index contributed by atoms with van der Waals surface area (Å²) in [5.74, 6) is 0.321. The van der Waals surface area contributed by atoms with Crippen molar-refractivity contribution in [1.82, 2.24) is 9.55 Å². The lowest BCUT2D eigenvalue weighted by atomic mass is 9.97. The highest BCUT2D eigenvalue weighted by Crippen LogP contribution is 2.27. The molecule has 6 nitrogen and oxygen atoms in total. The zero-order chi connectivity index (χ0) is 17.9. The Morgan fingerprint density at radius 3 is 2.92 bits per heavy atom. The molecule has 1 aliphatic rings. The van der Waals surface area contributed by atoms with Crippen molar-refractivity contribution in [1.29, 1.82) is 0 Å². The summed E-state index contributed by atoms with van der Waals surface area (Å²) in [6.07, 6.45) is 1.22. The van der Waals surface area contributed by atoms with Crippen LogP contribution >= 0.6 is 0 Å². The van der Waals surface area contributed by atoms with Crippen LogP contribution in [0.25, 0.3) is 11.0 Å². The number of aromatic amines is 1. The Labute approximate surface area is 150 Å². The van der Waals surface area contributed by atoms with E-state index in [-0.39, 0.29) is 24.2 Å². The molecule has 1 N–H and O–H groups in total. The van der Waals surface area contributed by atoms with Crippen molar-refractivity contribution < 1.29 is 14.3 Å². The van der Waals surface area contributed by atoms with Gasteiger partial charge in [0.1, 0.15) is 12.4 Å². The Hall–Kier alpha value is -3.02. The smallest absolute Gasteiger partial charge is 0.326 e. The van der Waals surface area contributed by atoms with Crippen LogP contribution in [0, 0.1) is 5.92 Å². The van der Waals surface area contributed by atoms with E-state index in [1.54, 1.807) is 4.57 Å². The largest absolute Gasteiger partial charge is 0.492 e. The SMILES string of the molecule is O=C(OCCCn1c(=O)[nH]c2ccccc21)C1COc2ccccc2C1. The number of fused-ring (bicyclic) bond motifs is 2. The molecule has 2 aromatic carbocycles. The van der Waals surface area contributed by atoms with Gasteiger partial charge in [0.25, 0.3) is 0 Å². The molecule has 0 amide bonds. The van der Waals surface area contributed by atoms with Crippen molar-refractivity contribution in [2.24, 2.45) is 5.92 Å². The predicted molar refractivity (Wildman–Crippen MR) is 97.3 cm³/mol. The highest BCUT2D eigenvalue weighted by molar-refractivity contribution is 5.75. The number of H-pyrrole nitrogens is 1. The molecule has 2 heterocycles. The van der Waals surface area contributed by atoms with Crippen LogP contribution < -0.4 is 10.4 Å². The first-order chi connectivity index (χ1) is 12.7. The van der Waals surface area contributed by atoms with Crippen molar-refractivity contribution in [3.05, 3.63) is 64.6 Å². The second-order valence-corrected chi connectivity index (χ2v) is 6.44. The molecule has 6 heteroatoms. The third-order valence-electron chi connectivity index (χ3n) is 4.66. The minimum absolute atomic E-state index is 0.144. The molecule has 0 spiro atoms. The molecule has 1 atom stereocenters. The summed E-state index contributed by atoms with van der Waals surface area (Å²) in [5, 5.41) is 0. The van der Waals surface area contributed by atoms with Gasteiger partial charge in [0, 0.05) is 6.54 Å². The number of ether oxygens (including phenoxy) is 2. The van der Waals surface area contributed by atoms with Gasteiger partial charge in [-0.1, -0.05) is 30.3 Å². The van der Waals surface area contributed by atoms with E-state index in [1.807, 2.05) is 48.5 Å². The van der Waals surface area contributed by atoms with Crippen molar-refractivity contribution in [2.45, 2.75) is 19.4 Å². The van der Waals surface area contributed by atoms with Gasteiger partial charge in [0.05, 0.1) is 23.6 Å². The number of esters is 1. The van der Waals surface area contributed by atoms with Gasteiger partial charge in [-0.25, -0.2) is 4.79 Å². The number of aryl methyl sites for hydroxylation is 1. The molecule has 0 radical (unpaired) electrons. The highest BCUT2D eigenvalue weighted by atomic mass is 16.5. The second kappa shape index (κ2) is 7.07. The summed E-state index contributed by atoms with van der Waals surface area (Å²) in [6.45, 7) is 1.13. The van der Waals surface area contributed by atoms with Gasteiger partial charge in [-0.2, -0.15) is 0 Å². The number of imidazole rings is 1. The third-order valence-corrected chi connectivity index (χ3v) is 4.66. The lowest BCUT2D eigenvalue weighted by Crippen LogP contribution is -2.30. The Morgan fingerprint density at radius 1 is 1.19 bits per heavy atom. The van der Waals surface area contributed by atoms with Crippen molar-refractivity contribution >= 4 is 17.0 Å². The molecule has 0 fully saturated rings. The molecule has 1 aliphatic heterocycles. The number of para-hydroxylation sites is 3. The molecule has 26 heavy (non-hydrogen) atoms. The molecule has 0 bridgehead atoms. The normalized spacial score (nSPS) is 16.1. The fourth-order valence-electron chi connectivity index (χ4n) is 3.32. The van der Waals surface area contributed by atoms with E-state index >= 15 is 0 Å². The lowest BCUT2D eigenvalue weighted by Gasteiger charge is -2.23. The Kier molecular flexibility index (Phi) is 4.48. The van der Waals surface area contributed by atoms with Crippen LogP contribution in [0.2, 0.25) is 0 Å². The highest BCUT2D eigenvalue weighted by Gasteiger charge is 2.26. The maximum absolute atomic E-state index is 12.3. The zero-order valence-corrected chi connectivity index (χ0v) is 14.3. The average Bonchev–Trinajstić information content (AvgIpc) is 3.00. The summed E-state index contributed by atoms with van der Waals surface area (Å²) in [4.78, 5) is 27.1. The summed E-state index contributed by atoms with van der Waals surface area (Å²) in [6, 6.07) is 15.3. The number of hydrogen-bond donors (Lipinski definition) is 1. The number of nitrogens with one attached hydrogen (secondary N) is 1. The van der Waals surface area contributed by atoms with Gasteiger partial charge in [0.15, 0.2) is 0 Å². The topological polar surface area (TPSA) is 73.3 Å². The quantitative estimate of drug-likeness (QED) is 0.566. The van der Waals surface area contributed by atoms with E-state index in [1.165, 1.54) is 0 Å². The zero-order valence-electron chi connectivity index (χ0n) is 14.3. The van der Waals surface area contributed by atoms with Crippen LogP contribution in [0.1, 0.15) is 12.0 Å². The molecular formula is C20H20N2O4. The van der Waals surface area contributed by atoms with Gasteiger partial charge in [-0.3, -0.25) is 9.36 Å². The Bertz CT molecular complexity index is 989. The lowest BCUT2D eigenvalue weighted by molar-refractivity contribution is -0.150. The standard InChI is InChI=1S/C20H20N2O4/c23-19(15-12-14-6-1-4-9-18(14)26-13-15)25-11-5-10-22-17-8-3-2-7-16(17)21-20(22)24/h1-4,6-9,15H,5,10-13H2,(H,21,24). The minimum Gasteiger partial charge on any atom is -0.492 e. The van der Waals surface area contributed by atoms with E-state index in [0.717, 1.165) is 22.3 Å². The summed E-state index contributed by atoms with van der Waals surface area (Å²) < 4.78 is 12.7. The maximum Gasteiger partial charge on any atom is 0.326 e. The number of rotatable bonds is 5. The van der Waals surface area contributed by atoms with E-state index < -0.39 is 0 Å². The van der Waals surface area contributed by atoms with Crippen LogP contribution in [0.15, 0.2) is 53.3 Å². The van der Waals surface area contributed by atoms with Crippen LogP contribution in [-0.4, -0.2) is 28.7 Å². The number of carbonyl (C=O) groups excluding carboxylic acids is 1. The number of aromatic nitrogens is 2. The second-order valence-electron chi connectivity index (χ2n) is 6.44. The van der Waals surface area contributed by atoms with Gasteiger partial charge in [-0.15, -0.1) is 0 Å². The molecule has 0 saturated heterocycles. The fraction of sp³-hybridized carbons (Fsp3) is 0.300. The van der Waals surface area contributed by atoms with Crippen molar-refractivity contribution in [3.63, 3.8) is 0 Å². The molecule has 0 aliphatic carbocycles. The number of hydrogen-bond acceptors (Lipinski definition) is 4. The van der Waals surface area contributed by atoms with Crippen molar-refractivity contribution in [2.75, 3.05) is 13.2 Å². The number of nitrogens with zero attached hydrogens (tertiary/aromatic N) is 1. The molecule has 134 valence electrons. The molecular weight excluding hydrogens is 332 g/mol. The van der Waals surface area contributed by atoms with Gasteiger partial charge >= 0.3 is 11.7 Å². The monoisotopic (exact) mass is 352 g/mol. The molecule has 1 unspecified atom stereocenters. The summed E-state index contributed by atoms with van der Waals surface area (Å²) in [7, 11) is 0. The van der Waals surface area contributed by atoms with Crippen LogP contribution in [-0.2, 0) is 22.5 Å². The molecule has 0 saturated carbocycles. The fourth-order valence-corrected chi connectivity index (χ4v) is 3.32.